The number of pyridine rings is 1. The lowest BCUT2D eigenvalue weighted by Crippen LogP contribution is -2.51. The Morgan fingerprint density at radius 1 is 1.14 bits per heavy atom. The number of methoxy groups -OCH3 is 1. The Labute approximate surface area is 204 Å². The van der Waals surface area contributed by atoms with E-state index in [-0.39, 0.29) is 10.7 Å². The maximum atomic E-state index is 13.5. The largest absolute Gasteiger partial charge is 0.384 e. The number of hydrogen-bond acceptors (Lipinski definition) is 6. The summed E-state index contributed by atoms with van der Waals surface area (Å²) in [5.41, 5.74) is 3.38. The van der Waals surface area contributed by atoms with E-state index in [2.05, 4.69) is 16.2 Å². The highest BCUT2D eigenvalue weighted by atomic mass is 32.2. The number of fused-ring (bicyclic) bond motifs is 2. The van der Waals surface area contributed by atoms with Crippen LogP contribution in [0.5, 0.6) is 0 Å². The van der Waals surface area contributed by atoms with Crippen LogP contribution < -0.4 is 4.90 Å². The minimum atomic E-state index is -3.72. The van der Waals surface area contributed by atoms with Gasteiger partial charge in [-0.3, -0.25) is 0 Å². The fraction of sp³-hybridized carbons (Fsp3) is 0.360. The first-order valence-electron chi connectivity index (χ1n) is 11.4. The fourth-order valence-electron chi connectivity index (χ4n) is 5.03. The molecule has 1 atom stereocenters. The van der Waals surface area contributed by atoms with Crippen molar-refractivity contribution >= 4 is 21.9 Å². The van der Waals surface area contributed by atoms with Crippen molar-refractivity contribution in [2.75, 3.05) is 45.8 Å². The second kappa shape index (κ2) is 8.85. The van der Waals surface area contributed by atoms with E-state index in [0.29, 0.717) is 38.4 Å². The molecule has 3 aromatic rings. The van der Waals surface area contributed by atoms with Gasteiger partial charge in [0.15, 0.2) is 0 Å². The SMILES string of the molecule is COC[C@]12Cc3cnn(-c4ccc(F)cc4)c3C=C1CCN(S(=O)(=O)c1ccc(N(C)C)nc1)C2. The molecule has 1 aliphatic heterocycles. The summed E-state index contributed by atoms with van der Waals surface area (Å²) in [4.78, 5) is 6.30. The smallest absolute Gasteiger partial charge is 0.244 e. The number of sulfonamides is 1. The summed E-state index contributed by atoms with van der Waals surface area (Å²) in [5.74, 6) is 0.397. The fourth-order valence-corrected chi connectivity index (χ4v) is 6.50. The molecule has 3 heterocycles. The minimum Gasteiger partial charge on any atom is -0.384 e. The molecule has 0 N–H and O–H groups in total. The maximum absolute atomic E-state index is 13.5. The number of nitrogens with zero attached hydrogens (tertiary/aromatic N) is 5. The lowest BCUT2D eigenvalue weighted by molar-refractivity contribution is 0.0733. The van der Waals surface area contributed by atoms with E-state index in [1.807, 2.05) is 19.0 Å². The summed E-state index contributed by atoms with van der Waals surface area (Å²) in [6.07, 6.45) is 6.52. The molecule has 8 nitrogen and oxygen atoms in total. The van der Waals surface area contributed by atoms with Crippen LogP contribution in [-0.4, -0.2) is 68.4 Å². The van der Waals surface area contributed by atoms with E-state index in [1.54, 1.807) is 46.6 Å². The van der Waals surface area contributed by atoms with Gasteiger partial charge < -0.3 is 9.64 Å². The molecule has 35 heavy (non-hydrogen) atoms. The quantitative estimate of drug-likeness (QED) is 0.521. The molecule has 0 spiro atoms. The van der Waals surface area contributed by atoms with Crippen molar-refractivity contribution in [3.63, 3.8) is 0 Å². The maximum Gasteiger partial charge on any atom is 0.244 e. The van der Waals surface area contributed by atoms with Crippen LogP contribution >= 0.6 is 0 Å². The number of benzene rings is 1. The Balaban J connectivity index is 1.47. The zero-order valence-electron chi connectivity index (χ0n) is 20.0. The van der Waals surface area contributed by atoms with Crippen molar-refractivity contribution in [3.8, 4) is 5.69 Å². The van der Waals surface area contributed by atoms with Gasteiger partial charge in [-0.2, -0.15) is 9.40 Å². The molecule has 1 fully saturated rings. The van der Waals surface area contributed by atoms with E-state index in [0.717, 1.165) is 22.5 Å². The van der Waals surface area contributed by atoms with Gasteiger partial charge in [-0.05, 0) is 60.9 Å². The average Bonchev–Trinajstić information content (AvgIpc) is 3.25. The topological polar surface area (TPSA) is 80.6 Å². The van der Waals surface area contributed by atoms with Crippen molar-refractivity contribution in [1.29, 1.82) is 0 Å². The van der Waals surface area contributed by atoms with Crippen molar-refractivity contribution < 1.29 is 17.5 Å². The third kappa shape index (κ3) is 4.15. The van der Waals surface area contributed by atoms with E-state index < -0.39 is 15.4 Å². The van der Waals surface area contributed by atoms with Gasteiger partial charge in [0.1, 0.15) is 16.5 Å². The lowest BCUT2D eigenvalue weighted by atomic mass is 9.69. The van der Waals surface area contributed by atoms with Gasteiger partial charge in [-0.1, -0.05) is 5.57 Å². The highest BCUT2D eigenvalue weighted by Gasteiger charge is 2.46. The second-order valence-electron chi connectivity index (χ2n) is 9.34. The Hall–Kier alpha value is -3.08. The minimum absolute atomic E-state index is 0.184. The summed E-state index contributed by atoms with van der Waals surface area (Å²) in [6, 6.07) is 9.54. The Kier molecular flexibility index (Phi) is 5.98. The monoisotopic (exact) mass is 497 g/mol. The zero-order valence-corrected chi connectivity index (χ0v) is 20.8. The molecule has 1 aliphatic carbocycles. The number of aromatic nitrogens is 3. The molecule has 10 heteroatoms. The molecular weight excluding hydrogens is 469 g/mol. The van der Waals surface area contributed by atoms with Crippen molar-refractivity contribution in [3.05, 3.63) is 71.4 Å². The zero-order chi connectivity index (χ0) is 24.8. The average molecular weight is 498 g/mol. The van der Waals surface area contributed by atoms with Crippen LogP contribution in [0.15, 0.2) is 59.3 Å². The first kappa shape index (κ1) is 23.7. The summed E-state index contributed by atoms with van der Waals surface area (Å²) in [5, 5.41) is 4.55. The van der Waals surface area contributed by atoms with Gasteiger partial charge in [0.2, 0.25) is 10.0 Å². The molecule has 184 valence electrons. The van der Waals surface area contributed by atoms with E-state index in [4.69, 9.17) is 4.74 Å². The molecule has 1 aromatic carbocycles. The Bertz CT molecular complexity index is 1370. The highest BCUT2D eigenvalue weighted by molar-refractivity contribution is 7.89. The molecule has 0 unspecified atom stereocenters. The van der Waals surface area contributed by atoms with Crippen molar-refractivity contribution in [2.24, 2.45) is 5.41 Å². The number of piperidine rings is 1. The molecule has 0 bridgehead atoms. The van der Waals surface area contributed by atoms with Crippen LogP contribution in [0.1, 0.15) is 17.7 Å². The van der Waals surface area contributed by atoms with Gasteiger partial charge in [0.05, 0.1) is 24.2 Å². The molecular formula is C25H28FN5O3S. The highest BCUT2D eigenvalue weighted by Crippen LogP contribution is 2.45. The molecule has 0 saturated carbocycles. The van der Waals surface area contributed by atoms with Crippen molar-refractivity contribution in [1.82, 2.24) is 19.1 Å². The van der Waals surface area contributed by atoms with Gasteiger partial charge in [0, 0.05) is 45.9 Å². The standard InChI is InChI=1S/C25H28FN5O3S/c1-29(2)24-9-8-22(15-27-24)35(32,33)30-11-10-19-12-23-18(13-25(19,16-30)17-34-3)14-28-31(23)21-6-4-20(26)5-7-21/h4-9,12,14-15H,10-11,13,16-17H2,1-3H3/t25-/m1/s1. The number of rotatable bonds is 6. The van der Waals surface area contributed by atoms with Crippen molar-refractivity contribution in [2.45, 2.75) is 17.7 Å². The number of halogens is 1. The van der Waals surface area contributed by atoms with Crippen LogP contribution in [0, 0.1) is 11.2 Å². The first-order chi connectivity index (χ1) is 16.7. The summed E-state index contributed by atoms with van der Waals surface area (Å²) < 4.78 is 49.4. The van der Waals surface area contributed by atoms with E-state index in [9.17, 15) is 12.8 Å². The third-order valence-electron chi connectivity index (χ3n) is 6.83. The van der Waals surface area contributed by atoms with Crippen LogP contribution in [0.3, 0.4) is 0 Å². The Morgan fingerprint density at radius 2 is 1.91 bits per heavy atom. The van der Waals surface area contributed by atoms with Gasteiger partial charge in [-0.25, -0.2) is 22.5 Å². The second-order valence-corrected chi connectivity index (χ2v) is 11.3. The van der Waals surface area contributed by atoms with Gasteiger partial charge in [0.25, 0.3) is 0 Å². The Morgan fingerprint density at radius 3 is 2.57 bits per heavy atom. The molecule has 2 aromatic heterocycles. The summed E-state index contributed by atoms with van der Waals surface area (Å²) in [6.45, 7) is 1.07. The number of ether oxygens (including phenoxy) is 1. The number of hydrogen-bond donors (Lipinski definition) is 0. The molecule has 0 amide bonds. The normalized spacial score (nSPS) is 20.2. The summed E-state index contributed by atoms with van der Waals surface area (Å²) in [7, 11) is 1.64. The molecule has 0 radical (unpaired) electrons. The van der Waals surface area contributed by atoms with Crippen LogP contribution in [0.4, 0.5) is 10.2 Å². The predicted octanol–water partition coefficient (Wildman–Crippen LogP) is 3.14. The van der Waals surface area contributed by atoms with Crippen LogP contribution in [-0.2, 0) is 21.2 Å². The molecule has 2 aliphatic rings. The predicted molar refractivity (Wildman–Crippen MR) is 131 cm³/mol. The first-order valence-corrected chi connectivity index (χ1v) is 12.8. The van der Waals surface area contributed by atoms with E-state index >= 15 is 0 Å². The number of anilines is 1. The van der Waals surface area contributed by atoms with Gasteiger partial charge in [-0.15, -0.1) is 0 Å². The third-order valence-corrected chi connectivity index (χ3v) is 8.65. The summed E-state index contributed by atoms with van der Waals surface area (Å²) >= 11 is 0. The van der Waals surface area contributed by atoms with E-state index in [1.165, 1.54) is 18.3 Å². The van der Waals surface area contributed by atoms with Crippen LogP contribution in [0.25, 0.3) is 11.8 Å². The molecule has 1 saturated heterocycles. The molecule has 5 rings (SSSR count). The van der Waals surface area contributed by atoms with Gasteiger partial charge >= 0.3 is 0 Å². The lowest BCUT2D eigenvalue weighted by Gasteiger charge is -2.45. The van der Waals surface area contributed by atoms with Crippen LogP contribution in [0.2, 0.25) is 0 Å².